The van der Waals surface area contributed by atoms with Gasteiger partial charge in [-0.1, -0.05) is 18.2 Å². The zero-order valence-corrected chi connectivity index (χ0v) is 11.9. The van der Waals surface area contributed by atoms with Crippen molar-refractivity contribution in [2.45, 2.75) is 25.0 Å². The van der Waals surface area contributed by atoms with Crippen LogP contribution in [0.2, 0.25) is 0 Å². The van der Waals surface area contributed by atoms with Gasteiger partial charge >= 0.3 is 0 Å². The lowest BCUT2D eigenvalue weighted by Crippen LogP contribution is -2.38. The van der Waals surface area contributed by atoms with Gasteiger partial charge in [-0.2, -0.15) is 0 Å². The molecule has 1 aromatic rings. The number of amides is 1. The lowest BCUT2D eigenvalue weighted by molar-refractivity contribution is -0.130. The molecule has 5 heteroatoms. The average Bonchev–Trinajstić information content (AvgIpc) is 2.80. The molecule has 0 unspecified atom stereocenters. The fourth-order valence-corrected chi connectivity index (χ4v) is 2.58. The molecule has 1 aliphatic heterocycles. The van der Waals surface area contributed by atoms with E-state index in [1.807, 2.05) is 19.0 Å². The molecule has 110 valence electrons. The first kappa shape index (κ1) is 14.9. The van der Waals surface area contributed by atoms with Crippen LogP contribution < -0.4 is 0 Å². The summed E-state index contributed by atoms with van der Waals surface area (Å²) >= 11 is 0. The first-order valence-corrected chi connectivity index (χ1v) is 6.84. The normalized spacial score (nSPS) is 22.6. The van der Waals surface area contributed by atoms with E-state index in [-0.39, 0.29) is 24.2 Å². The van der Waals surface area contributed by atoms with Crippen molar-refractivity contribution in [2.75, 3.05) is 27.2 Å². The lowest BCUT2D eigenvalue weighted by Gasteiger charge is -2.21. The fourth-order valence-electron chi connectivity index (χ4n) is 2.58. The van der Waals surface area contributed by atoms with Gasteiger partial charge in [0.15, 0.2) is 0 Å². The van der Waals surface area contributed by atoms with Crippen molar-refractivity contribution in [1.82, 2.24) is 9.80 Å². The highest BCUT2D eigenvalue weighted by atomic mass is 19.1. The third-order valence-electron chi connectivity index (χ3n) is 3.84. The number of carbonyl (C=O) groups is 1. The number of benzene rings is 1. The van der Waals surface area contributed by atoms with Gasteiger partial charge in [0.25, 0.3) is 0 Å². The van der Waals surface area contributed by atoms with Crippen molar-refractivity contribution in [3.63, 3.8) is 0 Å². The summed E-state index contributed by atoms with van der Waals surface area (Å²) in [6, 6.07) is 6.49. The smallest absolute Gasteiger partial charge is 0.223 e. The number of aliphatic hydroxyl groups excluding tert-OH is 1. The summed E-state index contributed by atoms with van der Waals surface area (Å²) < 4.78 is 13.5. The van der Waals surface area contributed by atoms with Crippen LogP contribution >= 0.6 is 0 Å². The highest BCUT2D eigenvalue weighted by Crippen LogP contribution is 2.16. The largest absolute Gasteiger partial charge is 0.390 e. The van der Waals surface area contributed by atoms with Crippen molar-refractivity contribution in [1.29, 1.82) is 0 Å². The number of rotatable bonds is 4. The number of β-amino-alcohol motifs (C(OH)–C–C–N with tert-alkyl or cyclic N) is 1. The van der Waals surface area contributed by atoms with E-state index in [0.29, 0.717) is 25.1 Å². The highest BCUT2D eigenvalue weighted by molar-refractivity contribution is 5.77. The van der Waals surface area contributed by atoms with Crippen LogP contribution in [0.25, 0.3) is 0 Å². The van der Waals surface area contributed by atoms with Crippen molar-refractivity contribution in [3.8, 4) is 0 Å². The van der Waals surface area contributed by atoms with Gasteiger partial charge in [-0.05, 0) is 32.1 Å². The number of hydrogen-bond donors (Lipinski definition) is 1. The third kappa shape index (κ3) is 3.35. The molecule has 0 radical (unpaired) electrons. The Morgan fingerprint density at radius 3 is 2.70 bits per heavy atom. The number of likely N-dealkylation sites (tertiary alicyclic amines) is 1. The Labute approximate surface area is 118 Å². The molecule has 0 saturated carbocycles. The third-order valence-corrected chi connectivity index (χ3v) is 3.84. The van der Waals surface area contributed by atoms with E-state index < -0.39 is 6.10 Å². The Morgan fingerprint density at radius 2 is 2.10 bits per heavy atom. The molecule has 2 rings (SSSR count). The quantitative estimate of drug-likeness (QED) is 0.891. The molecule has 20 heavy (non-hydrogen) atoms. The van der Waals surface area contributed by atoms with Crippen LogP contribution in [0, 0.1) is 5.82 Å². The van der Waals surface area contributed by atoms with E-state index in [9.17, 15) is 14.3 Å². The summed E-state index contributed by atoms with van der Waals surface area (Å²) in [4.78, 5) is 15.7. The van der Waals surface area contributed by atoms with Gasteiger partial charge in [0.05, 0.1) is 12.1 Å². The Balaban J connectivity index is 1.89. The molecule has 1 aromatic carbocycles. The minimum absolute atomic E-state index is 0.0209. The highest BCUT2D eigenvalue weighted by Gasteiger charge is 2.34. The Kier molecular flexibility index (Phi) is 4.73. The van der Waals surface area contributed by atoms with Crippen LogP contribution in [0.3, 0.4) is 0 Å². The molecule has 4 nitrogen and oxygen atoms in total. The molecular formula is C15H21FN2O2. The minimum atomic E-state index is -0.512. The number of aryl methyl sites for hydroxylation is 1. The van der Waals surface area contributed by atoms with Crippen LogP contribution in [0.4, 0.5) is 4.39 Å². The van der Waals surface area contributed by atoms with Gasteiger partial charge in [0.2, 0.25) is 5.91 Å². The number of halogens is 1. The summed E-state index contributed by atoms with van der Waals surface area (Å²) in [5.41, 5.74) is 0.560. The summed E-state index contributed by atoms with van der Waals surface area (Å²) in [7, 11) is 3.78. The monoisotopic (exact) mass is 280 g/mol. The lowest BCUT2D eigenvalue weighted by atomic mass is 10.1. The molecule has 0 aliphatic carbocycles. The van der Waals surface area contributed by atoms with Crippen molar-refractivity contribution >= 4 is 5.91 Å². The van der Waals surface area contributed by atoms with Crippen LogP contribution in [0.15, 0.2) is 24.3 Å². The van der Waals surface area contributed by atoms with Gasteiger partial charge in [0, 0.05) is 19.5 Å². The Bertz CT molecular complexity index is 479. The zero-order valence-electron chi connectivity index (χ0n) is 11.9. The molecule has 1 saturated heterocycles. The second kappa shape index (κ2) is 6.33. The van der Waals surface area contributed by atoms with E-state index in [2.05, 4.69) is 0 Å². The fraction of sp³-hybridized carbons (Fsp3) is 0.533. The van der Waals surface area contributed by atoms with Crippen molar-refractivity contribution in [2.24, 2.45) is 0 Å². The Morgan fingerprint density at radius 1 is 1.40 bits per heavy atom. The standard InChI is InChI=1S/C15H21FN2O2/c1-17(2)13-9-18(10-14(13)19)15(20)8-7-11-5-3-4-6-12(11)16/h3-6,13-14,19H,7-10H2,1-2H3/t13-,14-/m0/s1. The van der Waals surface area contributed by atoms with Crippen molar-refractivity contribution in [3.05, 3.63) is 35.6 Å². The van der Waals surface area contributed by atoms with Crippen LogP contribution in [0.1, 0.15) is 12.0 Å². The maximum atomic E-state index is 13.5. The SMILES string of the molecule is CN(C)[C@H]1CN(C(=O)CCc2ccccc2F)C[C@@H]1O. The maximum Gasteiger partial charge on any atom is 0.223 e. The van der Waals surface area contributed by atoms with Crippen LogP contribution in [-0.4, -0.2) is 60.1 Å². The van der Waals surface area contributed by atoms with Crippen molar-refractivity contribution < 1.29 is 14.3 Å². The van der Waals surface area contributed by atoms with E-state index in [0.717, 1.165) is 0 Å². The summed E-state index contributed by atoms with van der Waals surface area (Å²) in [6.45, 7) is 0.892. The Hall–Kier alpha value is -1.46. The molecule has 1 aliphatic rings. The molecule has 0 aromatic heterocycles. The molecule has 1 fully saturated rings. The topological polar surface area (TPSA) is 43.8 Å². The number of carbonyl (C=O) groups excluding carboxylic acids is 1. The van der Waals surface area contributed by atoms with Gasteiger partial charge in [-0.3, -0.25) is 4.79 Å². The van der Waals surface area contributed by atoms with Gasteiger partial charge < -0.3 is 14.9 Å². The van der Waals surface area contributed by atoms with E-state index in [1.165, 1.54) is 6.07 Å². The molecular weight excluding hydrogens is 259 g/mol. The minimum Gasteiger partial charge on any atom is -0.390 e. The predicted octanol–water partition coefficient (Wildman–Crippen LogP) is 0.892. The van der Waals surface area contributed by atoms with Crippen LogP contribution in [-0.2, 0) is 11.2 Å². The first-order chi connectivity index (χ1) is 9.49. The first-order valence-electron chi connectivity index (χ1n) is 6.84. The van der Waals surface area contributed by atoms with Gasteiger partial charge in [-0.25, -0.2) is 4.39 Å². The number of aliphatic hydroxyl groups is 1. The van der Waals surface area contributed by atoms with E-state index in [4.69, 9.17) is 0 Å². The van der Waals surface area contributed by atoms with Gasteiger partial charge in [-0.15, -0.1) is 0 Å². The average molecular weight is 280 g/mol. The predicted molar refractivity (Wildman–Crippen MR) is 74.8 cm³/mol. The summed E-state index contributed by atoms with van der Waals surface area (Å²) in [5, 5.41) is 9.91. The number of nitrogens with zero attached hydrogens (tertiary/aromatic N) is 2. The van der Waals surface area contributed by atoms with E-state index >= 15 is 0 Å². The molecule has 1 heterocycles. The number of likely N-dealkylation sites (N-methyl/N-ethyl adjacent to an activating group) is 1. The number of hydrogen-bond acceptors (Lipinski definition) is 3. The zero-order chi connectivity index (χ0) is 14.7. The molecule has 1 N–H and O–H groups in total. The second-order valence-electron chi connectivity index (χ2n) is 5.49. The summed E-state index contributed by atoms with van der Waals surface area (Å²) in [6.07, 6.45) is 0.154. The second-order valence-corrected chi connectivity index (χ2v) is 5.49. The molecule has 1 amide bonds. The molecule has 2 atom stereocenters. The maximum absolute atomic E-state index is 13.5. The van der Waals surface area contributed by atoms with E-state index in [1.54, 1.807) is 23.1 Å². The molecule has 0 spiro atoms. The molecule has 0 bridgehead atoms. The van der Waals surface area contributed by atoms with Crippen LogP contribution in [0.5, 0.6) is 0 Å². The summed E-state index contributed by atoms with van der Waals surface area (Å²) in [5.74, 6) is -0.301. The van der Waals surface area contributed by atoms with Gasteiger partial charge in [0.1, 0.15) is 5.82 Å².